The molecule has 0 amide bonds. The molecule has 1 aromatic heterocycles. The van der Waals surface area contributed by atoms with Crippen molar-refractivity contribution in [2.75, 3.05) is 0 Å². The molecule has 1 aliphatic rings. The summed E-state index contributed by atoms with van der Waals surface area (Å²) in [6.07, 6.45) is 4.00. The van der Waals surface area contributed by atoms with Gasteiger partial charge in [0.05, 0.1) is 10.6 Å². The zero-order chi connectivity index (χ0) is 17.3. The van der Waals surface area contributed by atoms with Crippen LogP contribution in [-0.2, 0) is 10.0 Å². The van der Waals surface area contributed by atoms with Gasteiger partial charge in [0, 0.05) is 17.7 Å². The number of nitrogens with one attached hydrogen (secondary N) is 1. The molecule has 1 saturated carbocycles. The Morgan fingerprint density at radius 3 is 2.50 bits per heavy atom. The lowest BCUT2D eigenvalue weighted by Crippen LogP contribution is -2.33. The van der Waals surface area contributed by atoms with Gasteiger partial charge in [0.25, 0.3) is 0 Å². The molecule has 130 valence electrons. The van der Waals surface area contributed by atoms with Gasteiger partial charge in [-0.1, -0.05) is 44.0 Å². The maximum atomic E-state index is 12.9. The number of hydrogen-bond donors (Lipinski definition) is 1. The van der Waals surface area contributed by atoms with E-state index in [1.54, 1.807) is 6.07 Å². The molecule has 0 aliphatic heterocycles. The van der Waals surface area contributed by atoms with Gasteiger partial charge in [-0.3, -0.25) is 0 Å². The van der Waals surface area contributed by atoms with Crippen LogP contribution < -0.4 is 4.72 Å². The molecule has 0 spiro atoms. The predicted molar refractivity (Wildman–Crippen MR) is 93.3 cm³/mol. The van der Waals surface area contributed by atoms with E-state index in [4.69, 9.17) is 4.52 Å². The van der Waals surface area contributed by atoms with Crippen molar-refractivity contribution < 1.29 is 12.9 Å². The van der Waals surface area contributed by atoms with Gasteiger partial charge in [-0.15, -0.1) is 0 Å². The highest BCUT2D eigenvalue weighted by molar-refractivity contribution is 7.89. The highest BCUT2D eigenvalue weighted by atomic mass is 32.2. The molecule has 1 heterocycles. The molecule has 24 heavy (non-hydrogen) atoms. The van der Waals surface area contributed by atoms with Crippen LogP contribution in [0.4, 0.5) is 0 Å². The monoisotopic (exact) mass is 348 g/mol. The first kappa shape index (κ1) is 17.2. The van der Waals surface area contributed by atoms with Crippen LogP contribution in [0.25, 0.3) is 11.3 Å². The maximum Gasteiger partial charge on any atom is 0.241 e. The lowest BCUT2D eigenvalue weighted by Gasteiger charge is -2.17. The summed E-state index contributed by atoms with van der Waals surface area (Å²) in [7, 11) is -3.56. The molecule has 0 bridgehead atoms. The summed E-state index contributed by atoms with van der Waals surface area (Å²) in [5.74, 6) is 0.700. The van der Waals surface area contributed by atoms with Crippen molar-refractivity contribution in [1.29, 1.82) is 0 Å². The molecular formula is C18H24N2O3S. The minimum atomic E-state index is -3.56. The Bertz CT molecular complexity index is 819. The van der Waals surface area contributed by atoms with Crippen LogP contribution in [0.1, 0.15) is 56.7 Å². The molecule has 5 nitrogen and oxygen atoms in total. The highest BCUT2D eigenvalue weighted by Gasteiger charge is 2.26. The molecule has 0 unspecified atom stereocenters. The fourth-order valence-electron chi connectivity index (χ4n) is 3.22. The van der Waals surface area contributed by atoms with E-state index in [-0.39, 0.29) is 12.0 Å². The average Bonchev–Trinajstić information content (AvgIpc) is 3.18. The number of benzene rings is 1. The molecule has 3 rings (SSSR count). The van der Waals surface area contributed by atoms with Crippen molar-refractivity contribution in [1.82, 2.24) is 9.88 Å². The van der Waals surface area contributed by atoms with Gasteiger partial charge in [0.2, 0.25) is 10.0 Å². The Balaban J connectivity index is 2.02. The first-order valence-corrected chi connectivity index (χ1v) is 9.95. The summed E-state index contributed by atoms with van der Waals surface area (Å²) in [4.78, 5) is 0.343. The zero-order valence-electron chi connectivity index (χ0n) is 14.4. The molecule has 0 saturated heterocycles. The minimum absolute atomic E-state index is 0.0474. The summed E-state index contributed by atoms with van der Waals surface area (Å²) in [6, 6.07) is 7.33. The number of sulfonamides is 1. The quantitative estimate of drug-likeness (QED) is 0.886. The fraction of sp³-hybridized carbons (Fsp3) is 0.500. The highest BCUT2D eigenvalue weighted by Crippen LogP contribution is 2.31. The summed E-state index contributed by atoms with van der Waals surface area (Å²) >= 11 is 0. The molecule has 1 N–H and O–H groups in total. The summed E-state index contributed by atoms with van der Waals surface area (Å²) in [5, 5.41) is 3.89. The number of aryl methyl sites for hydroxylation is 1. The molecule has 1 aromatic carbocycles. The van der Waals surface area contributed by atoms with E-state index in [1.807, 2.05) is 39.0 Å². The lowest BCUT2D eigenvalue weighted by atomic mass is 10.0. The van der Waals surface area contributed by atoms with E-state index in [9.17, 15) is 8.42 Å². The third-order valence-corrected chi connectivity index (χ3v) is 6.09. The van der Waals surface area contributed by atoms with Gasteiger partial charge < -0.3 is 4.52 Å². The van der Waals surface area contributed by atoms with Crippen molar-refractivity contribution in [2.45, 2.75) is 63.3 Å². The van der Waals surface area contributed by atoms with Gasteiger partial charge in [0.1, 0.15) is 0 Å². The Labute approximate surface area is 143 Å². The minimum Gasteiger partial charge on any atom is -0.356 e. The molecule has 1 aliphatic carbocycles. The van der Waals surface area contributed by atoms with E-state index in [1.165, 1.54) is 0 Å². The van der Waals surface area contributed by atoms with Gasteiger partial charge in [-0.2, -0.15) is 0 Å². The predicted octanol–water partition coefficient (Wildman–Crippen LogP) is 3.99. The van der Waals surface area contributed by atoms with E-state index in [2.05, 4.69) is 9.88 Å². The second kappa shape index (κ2) is 6.69. The van der Waals surface area contributed by atoms with Crippen LogP contribution in [0.2, 0.25) is 0 Å². The van der Waals surface area contributed by atoms with Crippen LogP contribution in [-0.4, -0.2) is 19.6 Å². The van der Waals surface area contributed by atoms with Gasteiger partial charge in [0.15, 0.2) is 5.76 Å². The van der Waals surface area contributed by atoms with Crippen LogP contribution >= 0.6 is 0 Å². The smallest absolute Gasteiger partial charge is 0.241 e. The van der Waals surface area contributed by atoms with E-state index in [0.717, 1.165) is 42.5 Å². The third-order valence-electron chi connectivity index (χ3n) is 4.51. The summed E-state index contributed by atoms with van der Waals surface area (Å²) < 4.78 is 34.1. The SMILES string of the molecule is Cc1cc(-c2ccc(C(C)C)c(S(=O)(=O)NC3CCCC3)c2)on1. The molecule has 0 atom stereocenters. The molecule has 6 heteroatoms. The molecule has 0 radical (unpaired) electrons. The van der Waals surface area contributed by atoms with Crippen molar-refractivity contribution >= 4 is 10.0 Å². The topological polar surface area (TPSA) is 72.2 Å². The van der Waals surface area contributed by atoms with Crippen molar-refractivity contribution in [3.05, 3.63) is 35.5 Å². The largest absolute Gasteiger partial charge is 0.356 e. The fourth-order valence-corrected chi connectivity index (χ4v) is 4.92. The third kappa shape index (κ3) is 3.54. The van der Waals surface area contributed by atoms with E-state index < -0.39 is 10.0 Å². The second-order valence-corrected chi connectivity index (χ2v) is 8.52. The van der Waals surface area contributed by atoms with Crippen LogP contribution in [0.3, 0.4) is 0 Å². The van der Waals surface area contributed by atoms with Crippen molar-refractivity contribution in [3.8, 4) is 11.3 Å². The molecule has 1 fully saturated rings. The van der Waals surface area contributed by atoms with Crippen LogP contribution in [0.15, 0.2) is 33.7 Å². The van der Waals surface area contributed by atoms with Gasteiger partial charge in [-0.25, -0.2) is 13.1 Å². The molecular weight excluding hydrogens is 324 g/mol. The standard InChI is InChI=1S/C18H24N2O3S/c1-12(2)16-9-8-14(17-10-13(3)19-23-17)11-18(16)24(21,22)20-15-6-4-5-7-15/h8-12,15,20H,4-7H2,1-3H3. The Hall–Kier alpha value is -1.66. The maximum absolute atomic E-state index is 12.9. The van der Waals surface area contributed by atoms with Crippen molar-refractivity contribution in [3.63, 3.8) is 0 Å². The summed E-state index contributed by atoms with van der Waals surface area (Å²) in [5.41, 5.74) is 2.32. The van der Waals surface area contributed by atoms with E-state index in [0.29, 0.717) is 10.7 Å². The zero-order valence-corrected chi connectivity index (χ0v) is 15.2. The second-order valence-electron chi connectivity index (χ2n) is 6.84. The number of nitrogens with zero attached hydrogens (tertiary/aromatic N) is 1. The Morgan fingerprint density at radius 2 is 1.92 bits per heavy atom. The number of rotatable bonds is 5. The Kier molecular flexibility index (Phi) is 4.78. The number of hydrogen-bond acceptors (Lipinski definition) is 4. The first-order valence-electron chi connectivity index (χ1n) is 8.47. The van der Waals surface area contributed by atoms with Crippen molar-refractivity contribution in [2.24, 2.45) is 0 Å². The van der Waals surface area contributed by atoms with Crippen LogP contribution in [0, 0.1) is 6.92 Å². The van der Waals surface area contributed by atoms with Gasteiger partial charge >= 0.3 is 0 Å². The van der Waals surface area contributed by atoms with E-state index >= 15 is 0 Å². The average molecular weight is 348 g/mol. The van der Waals surface area contributed by atoms with Gasteiger partial charge in [-0.05, 0) is 37.3 Å². The lowest BCUT2D eigenvalue weighted by molar-refractivity contribution is 0.427. The first-order chi connectivity index (χ1) is 11.4. The number of aromatic nitrogens is 1. The normalized spacial score (nSPS) is 16.2. The van der Waals surface area contributed by atoms with Crippen LogP contribution in [0.5, 0.6) is 0 Å². The molecule has 2 aromatic rings. The Morgan fingerprint density at radius 1 is 1.21 bits per heavy atom. The summed E-state index contributed by atoms with van der Waals surface area (Å²) in [6.45, 7) is 5.85.